The maximum Gasteiger partial charge on any atom is 0.119 e. The third-order valence-corrected chi connectivity index (χ3v) is 4.57. The van der Waals surface area contributed by atoms with Gasteiger partial charge in [0.25, 0.3) is 0 Å². The highest BCUT2D eigenvalue weighted by molar-refractivity contribution is 14.1. The quantitative estimate of drug-likeness (QED) is 0.774. The third kappa shape index (κ3) is 1.95. The van der Waals surface area contributed by atoms with Crippen molar-refractivity contribution in [2.24, 2.45) is 5.92 Å². The van der Waals surface area contributed by atoms with Crippen molar-refractivity contribution in [1.82, 2.24) is 4.90 Å². The van der Waals surface area contributed by atoms with Crippen LogP contribution in [0.3, 0.4) is 0 Å². The van der Waals surface area contributed by atoms with Gasteiger partial charge in [-0.3, -0.25) is 0 Å². The zero-order valence-corrected chi connectivity index (χ0v) is 11.6. The summed E-state index contributed by atoms with van der Waals surface area (Å²) >= 11 is 2.32. The van der Waals surface area contributed by atoms with E-state index in [4.69, 9.17) is 4.74 Å². The number of likely N-dealkylation sites (tertiary alicyclic amines) is 1. The van der Waals surface area contributed by atoms with E-state index < -0.39 is 0 Å². The lowest BCUT2D eigenvalue weighted by molar-refractivity contribution is 0.105. The highest BCUT2D eigenvalue weighted by Gasteiger charge is 2.44. The van der Waals surface area contributed by atoms with Gasteiger partial charge in [-0.05, 0) is 60.3 Å². The number of halogens is 1. The first-order valence-electron chi connectivity index (χ1n) is 5.85. The van der Waals surface area contributed by atoms with Gasteiger partial charge in [-0.1, -0.05) is 0 Å². The molecule has 0 spiro atoms. The summed E-state index contributed by atoms with van der Waals surface area (Å²) in [6.07, 6.45) is 2.97. The zero-order valence-electron chi connectivity index (χ0n) is 9.40. The van der Waals surface area contributed by atoms with E-state index in [2.05, 4.69) is 58.8 Å². The number of hydrogen-bond acceptors (Lipinski definition) is 2. The van der Waals surface area contributed by atoms with Crippen molar-refractivity contribution in [3.8, 4) is 5.75 Å². The highest BCUT2D eigenvalue weighted by atomic mass is 127. The van der Waals surface area contributed by atoms with Crippen LogP contribution in [0.4, 0.5) is 0 Å². The number of rotatable bonds is 2. The molecule has 1 aromatic carbocycles. The Morgan fingerprint density at radius 3 is 2.56 bits per heavy atom. The molecule has 1 heterocycles. The molecular formula is C13H16INO. The van der Waals surface area contributed by atoms with Crippen LogP contribution in [0.1, 0.15) is 12.8 Å². The molecule has 0 N–H and O–H groups in total. The van der Waals surface area contributed by atoms with Crippen molar-refractivity contribution in [1.29, 1.82) is 0 Å². The van der Waals surface area contributed by atoms with Crippen LogP contribution in [-0.4, -0.2) is 30.6 Å². The molecule has 86 valence electrons. The van der Waals surface area contributed by atoms with E-state index in [1.165, 1.54) is 23.0 Å². The summed E-state index contributed by atoms with van der Waals surface area (Å²) in [5, 5.41) is 0. The monoisotopic (exact) mass is 329 g/mol. The molecule has 16 heavy (non-hydrogen) atoms. The second-order valence-corrected chi connectivity index (χ2v) is 6.18. The normalized spacial score (nSPS) is 33.2. The van der Waals surface area contributed by atoms with Crippen LogP contribution in [0.25, 0.3) is 0 Å². The summed E-state index contributed by atoms with van der Waals surface area (Å²) in [4.78, 5) is 2.47. The van der Waals surface area contributed by atoms with Gasteiger partial charge in [-0.2, -0.15) is 0 Å². The summed E-state index contributed by atoms with van der Waals surface area (Å²) in [7, 11) is 2.23. The van der Waals surface area contributed by atoms with E-state index >= 15 is 0 Å². The van der Waals surface area contributed by atoms with Gasteiger partial charge in [-0.25, -0.2) is 0 Å². The van der Waals surface area contributed by atoms with Crippen LogP contribution >= 0.6 is 22.6 Å². The Bertz CT molecular complexity index is 376. The van der Waals surface area contributed by atoms with Crippen molar-refractivity contribution in [3.05, 3.63) is 27.8 Å². The first-order valence-corrected chi connectivity index (χ1v) is 6.93. The van der Waals surface area contributed by atoms with Crippen molar-refractivity contribution in [2.75, 3.05) is 13.6 Å². The molecule has 3 unspecified atom stereocenters. The van der Waals surface area contributed by atoms with Crippen LogP contribution in [-0.2, 0) is 0 Å². The molecule has 2 bridgehead atoms. The summed E-state index contributed by atoms with van der Waals surface area (Å²) in [5.41, 5.74) is 0. The molecule has 1 aromatic rings. The Balaban J connectivity index is 1.66. The Morgan fingerprint density at radius 2 is 2.00 bits per heavy atom. The third-order valence-electron chi connectivity index (χ3n) is 3.85. The van der Waals surface area contributed by atoms with Gasteiger partial charge in [-0.15, -0.1) is 0 Å². The predicted octanol–water partition coefficient (Wildman–Crippen LogP) is 2.76. The fourth-order valence-electron chi connectivity index (χ4n) is 2.96. The number of fused-ring (bicyclic) bond motifs is 2. The minimum absolute atomic E-state index is 0.446. The van der Waals surface area contributed by atoms with Gasteiger partial charge in [0, 0.05) is 28.5 Å². The Hall–Kier alpha value is -0.290. The fraction of sp³-hybridized carbons (Fsp3) is 0.538. The van der Waals surface area contributed by atoms with E-state index in [1.54, 1.807) is 0 Å². The molecule has 0 aromatic heterocycles. The van der Waals surface area contributed by atoms with E-state index in [0.29, 0.717) is 6.10 Å². The lowest BCUT2D eigenvalue weighted by Gasteiger charge is -2.28. The van der Waals surface area contributed by atoms with Crippen LogP contribution in [0.2, 0.25) is 0 Å². The van der Waals surface area contributed by atoms with Crippen LogP contribution in [0, 0.1) is 9.49 Å². The summed E-state index contributed by atoms with van der Waals surface area (Å²) in [6.45, 7) is 1.21. The SMILES string of the molecule is CN1CC2CC1CC2Oc1ccc(I)cc1. The molecule has 1 aliphatic heterocycles. The number of nitrogens with zero attached hydrogens (tertiary/aromatic N) is 1. The van der Waals surface area contributed by atoms with Crippen molar-refractivity contribution < 1.29 is 4.74 Å². The van der Waals surface area contributed by atoms with E-state index in [0.717, 1.165) is 17.7 Å². The van der Waals surface area contributed by atoms with Crippen molar-refractivity contribution >= 4 is 22.6 Å². The predicted molar refractivity (Wildman–Crippen MR) is 72.7 cm³/mol. The van der Waals surface area contributed by atoms with Crippen LogP contribution in [0.5, 0.6) is 5.75 Å². The van der Waals surface area contributed by atoms with E-state index in [9.17, 15) is 0 Å². The van der Waals surface area contributed by atoms with Gasteiger partial charge in [0.1, 0.15) is 11.9 Å². The van der Waals surface area contributed by atoms with Gasteiger partial charge in [0.2, 0.25) is 0 Å². The number of benzene rings is 1. The second kappa shape index (κ2) is 4.18. The molecule has 1 saturated heterocycles. The topological polar surface area (TPSA) is 12.5 Å². The minimum Gasteiger partial charge on any atom is -0.490 e. The summed E-state index contributed by atoms with van der Waals surface area (Å²) in [5.74, 6) is 1.77. The lowest BCUT2D eigenvalue weighted by Crippen LogP contribution is -2.37. The van der Waals surface area contributed by atoms with Gasteiger partial charge >= 0.3 is 0 Å². The smallest absolute Gasteiger partial charge is 0.119 e. The van der Waals surface area contributed by atoms with E-state index in [1.807, 2.05) is 0 Å². The lowest BCUT2D eigenvalue weighted by atomic mass is 10.1. The highest BCUT2D eigenvalue weighted by Crippen LogP contribution is 2.38. The molecule has 2 aliphatic rings. The maximum absolute atomic E-state index is 6.08. The van der Waals surface area contributed by atoms with Gasteiger partial charge < -0.3 is 9.64 Å². The number of hydrogen-bond donors (Lipinski definition) is 0. The standard InChI is InChI=1S/C13H16INO/c1-15-8-9-6-11(15)7-13(9)16-12-4-2-10(14)3-5-12/h2-5,9,11,13H,6-8H2,1H3. The molecular weight excluding hydrogens is 313 g/mol. The average Bonchev–Trinajstić information content (AvgIpc) is 2.80. The average molecular weight is 329 g/mol. The Labute approximate surface area is 110 Å². The molecule has 1 aliphatic carbocycles. The summed E-state index contributed by atoms with van der Waals surface area (Å²) in [6, 6.07) is 9.14. The summed E-state index contributed by atoms with van der Waals surface area (Å²) < 4.78 is 7.34. The molecule has 1 saturated carbocycles. The second-order valence-electron chi connectivity index (χ2n) is 4.94. The van der Waals surface area contributed by atoms with E-state index in [-0.39, 0.29) is 0 Å². The maximum atomic E-state index is 6.08. The van der Waals surface area contributed by atoms with Crippen molar-refractivity contribution in [2.45, 2.75) is 25.0 Å². The Kier molecular flexibility index (Phi) is 2.83. The molecule has 3 heteroatoms. The first-order chi connectivity index (χ1) is 7.72. The molecule has 0 radical (unpaired) electrons. The molecule has 0 amide bonds. The van der Waals surface area contributed by atoms with Crippen LogP contribution in [0.15, 0.2) is 24.3 Å². The number of piperidine rings is 1. The first kappa shape index (κ1) is 10.8. The molecule has 3 atom stereocenters. The Morgan fingerprint density at radius 1 is 1.25 bits per heavy atom. The molecule has 3 rings (SSSR count). The van der Waals surface area contributed by atoms with Crippen molar-refractivity contribution in [3.63, 3.8) is 0 Å². The number of ether oxygens (including phenoxy) is 1. The van der Waals surface area contributed by atoms with Gasteiger partial charge in [0.05, 0.1) is 0 Å². The van der Waals surface area contributed by atoms with Gasteiger partial charge in [0.15, 0.2) is 0 Å². The molecule has 2 nitrogen and oxygen atoms in total. The molecule has 2 fully saturated rings. The zero-order chi connectivity index (χ0) is 11.1. The minimum atomic E-state index is 0.446. The fourth-order valence-corrected chi connectivity index (χ4v) is 3.32. The van der Waals surface area contributed by atoms with Crippen LogP contribution < -0.4 is 4.74 Å². The largest absolute Gasteiger partial charge is 0.490 e.